The summed E-state index contributed by atoms with van der Waals surface area (Å²) >= 11 is 1.71. The van der Waals surface area contributed by atoms with E-state index in [1.165, 1.54) is 34.2 Å². The smallest absolute Gasteiger partial charge is 0.0794 e. The topological polar surface area (TPSA) is 29.9 Å². The van der Waals surface area contributed by atoms with E-state index in [9.17, 15) is 0 Å². The molecule has 0 atom stereocenters. The molecule has 0 aliphatic heterocycles. The van der Waals surface area contributed by atoms with Crippen LogP contribution in [0.3, 0.4) is 0 Å². The number of hydrogen-bond donors (Lipinski definition) is 1. The van der Waals surface area contributed by atoms with Crippen LogP contribution >= 0.6 is 11.3 Å². The molecule has 4 rings (SSSR count). The van der Waals surface area contributed by atoms with E-state index in [0.29, 0.717) is 0 Å². The lowest BCUT2D eigenvalue weighted by atomic mass is 10.1. The number of benzene rings is 1. The summed E-state index contributed by atoms with van der Waals surface area (Å²) < 4.78 is 2.31. The van der Waals surface area contributed by atoms with Crippen molar-refractivity contribution >= 4 is 22.2 Å². The van der Waals surface area contributed by atoms with Crippen molar-refractivity contribution in [2.24, 2.45) is 0 Å². The summed E-state index contributed by atoms with van der Waals surface area (Å²) in [4.78, 5) is 5.45. The predicted octanol–water partition coefficient (Wildman–Crippen LogP) is 3.40. The van der Waals surface area contributed by atoms with Gasteiger partial charge >= 0.3 is 0 Å². The third-order valence-electron chi connectivity index (χ3n) is 3.87. The van der Waals surface area contributed by atoms with E-state index in [1.54, 1.807) is 11.3 Å². The van der Waals surface area contributed by atoms with E-state index in [-0.39, 0.29) is 0 Å². The maximum Gasteiger partial charge on any atom is 0.0794 e. The van der Waals surface area contributed by atoms with Crippen molar-refractivity contribution < 1.29 is 0 Å². The van der Waals surface area contributed by atoms with Crippen LogP contribution in [-0.2, 0) is 13.1 Å². The van der Waals surface area contributed by atoms with E-state index >= 15 is 0 Å². The highest BCUT2D eigenvalue weighted by molar-refractivity contribution is 7.09. The Kier molecular flexibility index (Phi) is 3.05. The molecule has 1 N–H and O–H groups in total. The monoisotopic (exact) mass is 283 g/mol. The molecular formula is C16H17N3S. The summed E-state index contributed by atoms with van der Waals surface area (Å²) in [6.07, 6.45) is 6.81. The third kappa shape index (κ3) is 2.37. The lowest BCUT2D eigenvalue weighted by molar-refractivity contribution is 0.691. The van der Waals surface area contributed by atoms with Crippen LogP contribution in [0.2, 0.25) is 0 Å². The van der Waals surface area contributed by atoms with E-state index in [4.69, 9.17) is 0 Å². The molecule has 0 amide bonds. The Morgan fingerprint density at radius 3 is 3.05 bits per heavy atom. The molecule has 1 saturated carbocycles. The highest BCUT2D eigenvalue weighted by atomic mass is 32.1. The Balaban J connectivity index is 1.64. The molecule has 0 saturated heterocycles. The fourth-order valence-corrected chi connectivity index (χ4v) is 3.20. The van der Waals surface area contributed by atoms with Gasteiger partial charge < -0.3 is 9.88 Å². The van der Waals surface area contributed by atoms with Gasteiger partial charge in [0, 0.05) is 40.8 Å². The van der Waals surface area contributed by atoms with Gasteiger partial charge in [-0.05, 0) is 30.5 Å². The van der Waals surface area contributed by atoms with E-state index < -0.39 is 0 Å². The van der Waals surface area contributed by atoms with Crippen molar-refractivity contribution in [1.29, 1.82) is 0 Å². The lowest BCUT2D eigenvalue weighted by Crippen LogP contribution is -2.15. The van der Waals surface area contributed by atoms with Crippen LogP contribution in [0.25, 0.3) is 10.9 Å². The number of thiazole rings is 1. The number of nitrogens with one attached hydrogen (secondary N) is 1. The number of nitrogens with zero attached hydrogens (tertiary/aromatic N) is 2. The van der Waals surface area contributed by atoms with E-state index in [0.717, 1.165) is 19.1 Å². The molecule has 3 nitrogen and oxygen atoms in total. The second kappa shape index (κ2) is 5.04. The Labute approximate surface area is 122 Å². The minimum Gasteiger partial charge on any atom is -0.342 e. The molecule has 0 unspecified atom stereocenters. The second-order valence-corrected chi connectivity index (χ2v) is 6.39. The first-order valence-corrected chi connectivity index (χ1v) is 7.95. The van der Waals surface area contributed by atoms with Crippen molar-refractivity contribution in [2.75, 3.05) is 0 Å². The summed E-state index contributed by atoms with van der Waals surface area (Å²) in [6.45, 7) is 1.89. The van der Waals surface area contributed by atoms with E-state index in [2.05, 4.69) is 45.3 Å². The largest absolute Gasteiger partial charge is 0.342 e. The highest BCUT2D eigenvalue weighted by Crippen LogP contribution is 2.24. The second-order valence-electron chi connectivity index (χ2n) is 5.42. The van der Waals surface area contributed by atoms with Crippen molar-refractivity contribution in [1.82, 2.24) is 14.9 Å². The molecule has 4 heteroatoms. The average Bonchev–Trinajstić information content (AvgIpc) is 2.99. The quantitative estimate of drug-likeness (QED) is 0.778. The highest BCUT2D eigenvalue weighted by Gasteiger charge is 2.20. The molecule has 1 aliphatic carbocycles. The Morgan fingerprint density at radius 2 is 2.25 bits per heavy atom. The van der Waals surface area contributed by atoms with Crippen LogP contribution in [0.5, 0.6) is 0 Å². The van der Waals surface area contributed by atoms with Gasteiger partial charge in [0.15, 0.2) is 0 Å². The summed E-state index contributed by atoms with van der Waals surface area (Å²) in [5.74, 6) is 0. The average molecular weight is 283 g/mol. The fourth-order valence-electron chi connectivity index (χ4n) is 2.61. The zero-order valence-electron chi connectivity index (χ0n) is 11.2. The summed E-state index contributed by atoms with van der Waals surface area (Å²) in [5.41, 5.74) is 4.61. The van der Waals surface area contributed by atoms with Gasteiger partial charge in [-0.2, -0.15) is 0 Å². The Hall–Kier alpha value is -1.65. The third-order valence-corrected chi connectivity index (χ3v) is 4.64. The first-order chi connectivity index (χ1) is 9.90. The van der Waals surface area contributed by atoms with Crippen molar-refractivity contribution in [3.8, 4) is 0 Å². The molecule has 0 spiro atoms. The predicted molar refractivity (Wildman–Crippen MR) is 83.0 cm³/mol. The lowest BCUT2D eigenvalue weighted by Gasteiger charge is -2.07. The molecule has 0 bridgehead atoms. The zero-order chi connectivity index (χ0) is 13.4. The molecule has 1 aliphatic rings. The molecule has 2 aromatic heterocycles. The van der Waals surface area contributed by atoms with Crippen molar-refractivity contribution in [3.05, 3.63) is 52.6 Å². The minimum atomic E-state index is 0.754. The summed E-state index contributed by atoms with van der Waals surface area (Å²) in [7, 11) is 0. The Bertz CT molecular complexity index is 710. The normalized spacial score (nSPS) is 15.0. The van der Waals surface area contributed by atoms with Crippen LogP contribution in [0.15, 0.2) is 42.2 Å². The number of aromatic nitrogens is 2. The van der Waals surface area contributed by atoms with Gasteiger partial charge in [0.25, 0.3) is 0 Å². The molecular weight excluding hydrogens is 266 g/mol. The SMILES string of the molecule is c1cc(CNC2CC2)c2ccn(Cc3cncs3)c2c1. The fraction of sp³-hybridized carbons (Fsp3) is 0.312. The number of hydrogen-bond acceptors (Lipinski definition) is 3. The van der Waals surface area contributed by atoms with Gasteiger partial charge in [-0.1, -0.05) is 12.1 Å². The van der Waals surface area contributed by atoms with Gasteiger partial charge in [-0.25, -0.2) is 0 Å². The molecule has 20 heavy (non-hydrogen) atoms. The Morgan fingerprint density at radius 1 is 1.30 bits per heavy atom. The summed E-state index contributed by atoms with van der Waals surface area (Å²) in [5, 5.41) is 4.97. The zero-order valence-corrected chi connectivity index (χ0v) is 12.1. The molecule has 1 aromatic carbocycles. The van der Waals surface area contributed by atoms with Crippen molar-refractivity contribution in [2.45, 2.75) is 32.0 Å². The van der Waals surface area contributed by atoms with Gasteiger partial charge in [0.2, 0.25) is 0 Å². The first-order valence-electron chi connectivity index (χ1n) is 7.07. The van der Waals surface area contributed by atoms with Gasteiger partial charge in [-0.3, -0.25) is 4.98 Å². The summed E-state index contributed by atoms with van der Waals surface area (Å²) in [6, 6.07) is 9.59. The number of rotatable bonds is 5. The van der Waals surface area contributed by atoms with Gasteiger partial charge in [0.1, 0.15) is 0 Å². The van der Waals surface area contributed by atoms with Crippen LogP contribution in [0.4, 0.5) is 0 Å². The van der Waals surface area contributed by atoms with Crippen LogP contribution in [0, 0.1) is 0 Å². The van der Waals surface area contributed by atoms with Crippen LogP contribution in [0.1, 0.15) is 23.3 Å². The van der Waals surface area contributed by atoms with Gasteiger partial charge in [0.05, 0.1) is 12.1 Å². The van der Waals surface area contributed by atoms with Crippen molar-refractivity contribution in [3.63, 3.8) is 0 Å². The molecule has 1 fully saturated rings. The molecule has 3 aromatic rings. The molecule has 2 heterocycles. The molecule has 102 valence electrons. The van der Waals surface area contributed by atoms with Gasteiger partial charge in [-0.15, -0.1) is 11.3 Å². The standard InChI is InChI=1S/C16H17N3S/c1-2-12(8-18-13-4-5-13)15-6-7-19(16(15)3-1)10-14-9-17-11-20-14/h1-3,6-7,9,11,13,18H,4-5,8,10H2. The maximum absolute atomic E-state index is 4.15. The maximum atomic E-state index is 4.15. The van der Waals surface area contributed by atoms with Crippen LogP contribution in [-0.4, -0.2) is 15.6 Å². The minimum absolute atomic E-state index is 0.754. The van der Waals surface area contributed by atoms with Crippen LogP contribution < -0.4 is 5.32 Å². The first kappa shape index (κ1) is 12.1. The molecule has 0 radical (unpaired) electrons. The number of fused-ring (bicyclic) bond motifs is 1. The van der Waals surface area contributed by atoms with E-state index in [1.807, 2.05) is 11.7 Å².